The maximum absolute atomic E-state index is 6.01. The molecule has 0 radical (unpaired) electrons. The molecule has 1 fully saturated rings. The van der Waals surface area contributed by atoms with E-state index in [2.05, 4.69) is 21.9 Å². The van der Waals surface area contributed by atoms with E-state index in [1.54, 1.807) is 4.88 Å². The summed E-state index contributed by atoms with van der Waals surface area (Å²) in [5.41, 5.74) is 2.86. The normalized spacial score (nSPS) is 17.9. The molecule has 146 valence electrons. The number of piperazine rings is 1. The number of nitrogens with zero attached hydrogens (tertiary/aromatic N) is 4. The topological polar surface area (TPSA) is 32.3 Å². The van der Waals surface area contributed by atoms with Crippen molar-refractivity contribution in [3.8, 4) is 0 Å². The van der Waals surface area contributed by atoms with Crippen molar-refractivity contribution in [2.75, 3.05) is 31.1 Å². The van der Waals surface area contributed by atoms with Gasteiger partial charge in [0.05, 0.1) is 5.39 Å². The first-order valence-electron chi connectivity index (χ1n) is 10.2. The second-order valence-electron chi connectivity index (χ2n) is 7.88. The fourth-order valence-corrected chi connectivity index (χ4v) is 5.86. The monoisotopic (exact) mass is 412 g/mol. The molecule has 6 heteroatoms. The van der Waals surface area contributed by atoms with Gasteiger partial charge in [-0.1, -0.05) is 23.7 Å². The smallest absolute Gasteiger partial charge is 0.141 e. The average Bonchev–Trinajstić information content (AvgIpc) is 3.08. The molecular formula is C22H25ClN4S. The Morgan fingerprint density at radius 2 is 1.75 bits per heavy atom. The Balaban J connectivity index is 1.37. The quantitative estimate of drug-likeness (QED) is 0.615. The molecule has 28 heavy (non-hydrogen) atoms. The zero-order valence-corrected chi connectivity index (χ0v) is 17.8. The SMILES string of the molecule is Cc1nc(N2CCN(Cc3ccc(Cl)cc3)CC2)c2c3c(sc2n1)CCCC3. The Morgan fingerprint density at radius 1 is 1.00 bits per heavy atom. The zero-order chi connectivity index (χ0) is 19.1. The summed E-state index contributed by atoms with van der Waals surface area (Å²) in [5, 5.41) is 2.15. The summed E-state index contributed by atoms with van der Waals surface area (Å²) in [5.74, 6) is 2.07. The van der Waals surface area contributed by atoms with E-state index in [9.17, 15) is 0 Å². The van der Waals surface area contributed by atoms with E-state index in [0.717, 1.165) is 43.6 Å². The fraction of sp³-hybridized carbons (Fsp3) is 0.455. The van der Waals surface area contributed by atoms with Crippen LogP contribution in [-0.2, 0) is 19.4 Å². The van der Waals surface area contributed by atoms with Gasteiger partial charge in [0.25, 0.3) is 0 Å². The maximum atomic E-state index is 6.01. The summed E-state index contributed by atoms with van der Waals surface area (Å²) in [6.45, 7) is 7.15. The summed E-state index contributed by atoms with van der Waals surface area (Å²) < 4.78 is 0. The first-order valence-corrected chi connectivity index (χ1v) is 11.4. The van der Waals surface area contributed by atoms with Gasteiger partial charge in [-0.15, -0.1) is 11.3 Å². The van der Waals surface area contributed by atoms with Gasteiger partial charge in [0, 0.05) is 42.6 Å². The lowest BCUT2D eigenvalue weighted by molar-refractivity contribution is 0.249. The number of halogens is 1. The van der Waals surface area contributed by atoms with Crippen molar-refractivity contribution >= 4 is 39.0 Å². The Morgan fingerprint density at radius 3 is 2.54 bits per heavy atom. The van der Waals surface area contributed by atoms with Gasteiger partial charge in [0.2, 0.25) is 0 Å². The molecular weight excluding hydrogens is 388 g/mol. The van der Waals surface area contributed by atoms with Gasteiger partial charge in [-0.3, -0.25) is 4.90 Å². The molecule has 2 aliphatic rings. The standard InChI is InChI=1S/C22H25ClN4S/c1-15-24-21(20-18-4-2-3-5-19(18)28-22(20)25-15)27-12-10-26(11-13-27)14-16-6-8-17(23)9-7-16/h6-9H,2-5,10-14H2,1H3. The second-order valence-corrected chi connectivity index (χ2v) is 9.40. The first kappa shape index (κ1) is 18.3. The lowest BCUT2D eigenvalue weighted by atomic mass is 9.97. The van der Waals surface area contributed by atoms with Crippen LogP contribution in [0.15, 0.2) is 24.3 Å². The van der Waals surface area contributed by atoms with Crippen molar-refractivity contribution in [1.82, 2.24) is 14.9 Å². The number of hydrogen-bond donors (Lipinski definition) is 0. The second kappa shape index (κ2) is 7.62. The molecule has 3 heterocycles. The summed E-state index contributed by atoms with van der Waals surface area (Å²) in [6.07, 6.45) is 5.00. The van der Waals surface area contributed by atoms with Crippen molar-refractivity contribution < 1.29 is 0 Å². The Kier molecular flexibility index (Phi) is 4.99. The molecule has 0 saturated carbocycles. The van der Waals surface area contributed by atoms with Crippen molar-refractivity contribution in [3.63, 3.8) is 0 Å². The predicted octanol–water partition coefficient (Wildman–Crippen LogP) is 4.85. The van der Waals surface area contributed by atoms with Crippen molar-refractivity contribution in [1.29, 1.82) is 0 Å². The molecule has 2 aromatic heterocycles. The Hall–Kier alpha value is -1.69. The van der Waals surface area contributed by atoms with Crippen LogP contribution in [0.25, 0.3) is 10.2 Å². The number of anilines is 1. The van der Waals surface area contributed by atoms with Crippen molar-refractivity contribution in [2.24, 2.45) is 0 Å². The van der Waals surface area contributed by atoms with Crippen LogP contribution in [-0.4, -0.2) is 41.0 Å². The molecule has 0 unspecified atom stereocenters. The highest BCUT2D eigenvalue weighted by molar-refractivity contribution is 7.19. The molecule has 0 atom stereocenters. The van der Waals surface area contributed by atoms with E-state index in [0.29, 0.717) is 0 Å². The summed E-state index contributed by atoms with van der Waals surface area (Å²) in [6, 6.07) is 8.22. The number of aryl methyl sites for hydroxylation is 3. The van der Waals surface area contributed by atoms with Crippen LogP contribution in [0.4, 0.5) is 5.82 Å². The minimum atomic E-state index is 0.802. The maximum Gasteiger partial charge on any atom is 0.141 e. The lowest BCUT2D eigenvalue weighted by Gasteiger charge is -2.36. The van der Waals surface area contributed by atoms with E-state index in [1.165, 1.54) is 52.8 Å². The highest BCUT2D eigenvalue weighted by Crippen LogP contribution is 2.39. The minimum Gasteiger partial charge on any atom is -0.353 e. The third-order valence-corrected chi connectivity index (χ3v) is 7.34. The van der Waals surface area contributed by atoms with Crippen LogP contribution < -0.4 is 4.90 Å². The summed E-state index contributed by atoms with van der Waals surface area (Å²) in [4.78, 5) is 17.4. The van der Waals surface area contributed by atoms with Gasteiger partial charge >= 0.3 is 0 Å². The molecule has 1 aromatic carbocycles. The van der Waals surface area contributed by atoms with E-state index in [-0.39, 0.29) is 0 Å². The Labute approximate surface area is 175 Å². The van der Waals surface area contributed by atoms with E-state index >= 15 is 0 Å². The molecule has 0 spiro atoms. The summed E-state index contributed by atoms with van der Waals surface area (Å²) in [7, 11) is 0. The van der Waals surface area contributed by atoms with Gasteiger partial charge in [-0.25, -0.2) is 9.97 Å². The lowest BCUT2D eigenvalue weighted by Crippen LogP contribution is -2.46. The number of fused-ring (bicyclic) bond motifs is 3. The first-order chi connectivity index (χ1) is 13.7. The van der Waals surface area contributed by atoms with Crippen LogP contribution in [0.3, 0.4) is 0 Å². The van der Waals surface area contributed by atoms with Gasteiger partial charge in [0.1, 0.15) is 16.5 Å². The minimum absolute atomic E-state index is 0.802. The predicted molar refractivity (Wildman–Crippen MR) is 118 cm³/mol. The van der Waals surface area contributed by atoms with E-state index < -0.39 is 0 Å². The molecule has 4 nitrogen and oxygen atoms in total. The fourth-order valence-electron chi connectivity index (χ4n) is 4.44. The van der Waals surface area contributed by atoms with Gasteiger partial charge < -0.3 is 4.90 Å². The molecule has 0 amide bonds. The van der Waals surface area contributed by atoms with Crippen LogP contribution in [0.1, 0.15) is 34.7 Å². The number of rotatable bonds is 3. The molecule has 1 aliphatic carbocycles. The number of benzene rings is 1. The third kappa shape index (κ3) is 3.51. The number of hydrogen-bond acceptors (Lipinski definition) is 5. The van der Waals surface area contributed by atoms with E-state index in [4.69, 9.17) is 21.6 Å². The number of thiophene rings is 1. The van der Waals surface area contributed by atoms with Gasteiger partial charge in [-0.2, -0.15) is 0 Å². The molecule has 0 bridgehead atoms. The molecule has 0 N–H and O–H groups in total. The molecule has 1 aliphatic heterocycles. The van der Waals surface area contributed by atoms with Crippen LogP contribution in [0.5, 0.6) is 0 Å². The molecule has 3 aromatic rings. The third-order valence-electron chi connectivity index (χ3n) is 5.90. The van der Waals surface area contributed by atoms with Crippen LogP contribution in [0.2, 0.25) is 5.02 Å². The van der Waals surface area contributed by atoms with Gasteiger partial charge in [0.15, 0.2) is 0 Å². The van der Waals surface area contributed by atoms with Gasteiger partial charge in [-0.05, 0) is 55.9 Å². The Bertz CT molecular complexity index is 990. The number of aromatic nitrogens is 2. The summed E-state index contributed by atoms with van der Waals surface area (Å²) >= 11 is 7.91. The van der Waals surface area contributed by atoms with Crippen LogP contribution >= 0.6 is 22.9 Å². The van der Waals surface area contributed by atoms with Crippen molar-refractivity contribution in [2.45, 2.75) is 39.2 Å². The largest absolute Gasteiger partial charge is 0.353 e. The highest BCUT2D eigenvalue weighted by atomic mass is 35.5. The molecule has 1 saturated heterocycles. The highest BCUT2D eigenvalue weighted by Gasteiger charge is 2.25. The van der Waals surface area contributed by atoms with Crippen molar-refractivity contribution in [3.05, 3.63) is 51.1 Å². The zero-order valence-electron chi connectivity index (χ0n) is 16.2. The average molecular weight is 413 g/mol. The van der Waals surface area contributed by atoms with Crippen LogP contribution in [0, 0.1) is 6.92 Å². The van der Waals surface area contributed by atoms with E-state index in [1.807, 2.05) is 30.4 Å². The molecule has 5 rings (SSSR count).